The van der Waals surface area contributed by atoms with E-state index in [0.29, 0.717) is 18.8 Å². The molecule has 2 aromatic carbocycles. The first kappa shape index (κ1) is 18.4. The molecule has 0 fully saturated rings. The van der Waals surface area contributed by atoms with E-state index in [9.17, 15) is 9.90 Å². The van der Waals surface area contributed by atoms with Crippen LogP contribution < -0.4 is 9.47 Å². The van der Waals surface area contributed by atoms with Crippen molar-refractivity contribution in [1.29, 1.82) is 0 Å². The average Bonchev–Trinajstić information content (AvgIpc) is 2.65. The van der Waals surface area contributed by atoms with Gasteiger partial charge in [0.15, 0.2) is 11.5 Å². The number of carbonyl (C=O) groups is 1. The van der Waals surface area contributed by atoms with Crippen LogP contribution in [0.4, 0.5) is 0 Å². The van der Waals surface area contributed by atoms with Gasteiger partial charge in [0.25, 0.3) is 0 Å². The first-order chi connectivity index (χ1) is 12.2. The highest BCUT2D eigenvalue weighted by Gasteiger charge is 2.08. The Balaban J connectivity index is 1.77. The third-order valence-electron chi connectivity index (χ3n) is 3.44. The molecule has 5 nitrogen and oxygen atoms in total. The van der Waals surface area contributed by atoms with Crippen molar-refractivity contribution in [1.82, 2.24) is 0 Å². The molecule has 0 atom stereocenters. The van der Waals surface area contributed by atoms with Gasteiger partial charge in [0.1, 0.15) is 19.0 Å². The molecule has 0 radical (unpaired) electrons. The SMILES string of the molecule is C=CC(=O)OCCOc1cccc(CCCOc2ccccc2)c1O. The third kappa shape index (κ3) is 6.22. The van der Waals surface area contributed by atoms with E-state index >= 15 is 0 Å². The summed E-state index contributed by atoms with van der Waals surface area (Å²) in [5.41, 5.74) is 0.789. The van der Waals surface area contributed by atoms with Gasteiger partial charge in [0, 0.05) is 6.08 Å². The average molecular weight is 342 g/mol. The fraction of sp³-hybridized carbons (Fsp3) is 0.250. The summed E-state index contributed by atoms with van der Waals surface area (Å²) in [4.78, 5) is 10.9. The lowest BCUT2D eigenvalue weighted by Gasteiger charge is -2.12. The standard InChI is InChI=1S/C20H22O5/c1-2-19(21)25-15-14-24-18-12-6-8-16(20(18)22)9-7-13-23-17-10-4-3-5-11-17/h2-6,8,10-12,22H,1,7,9,13-15H2. The van der Waals surface area contributed by atoms with Crippen LogP contribution in [0.3, 0.4) is 0 Å². The zero-order chi connectivity index (χ0) is 17.9. The minimum absolute atomic E-state index is 0.0967. The van der Waals surface area contributed by atoms with Crippen molar-refractivity contribution in [2.75, 3.05) is 19.8 Å². The predicted octanol–water partition coefficient (Wildman–Crippen LogP) is 3.51. The van der Waals surface area contributed by atoms with Crippen molar-refractivity contribution in [3.05, 3.63) is 66.7 Å². The number of aryl methyl sites for hydroxylation is 1. The van der Waals surface area contributed by atoms with Crippen molar-refractivity contribution in [2.45, 2.75) is 12.8 Å². The Hall–Kier alpha value is -2.95. The van der Waals surface area contributed by atoms with E-state index in [1.165, 1.54) is 0 Å². The summed E-state index contributed by atoms with van der Waals surface area (Å²) in [5.74, 6) is 0.811. The summed E-state index contributed by atoms with van der Waals surface area (Å²) >= 11 is 0. The highest BCUT2D eigenvalue weighted by molar-refractivity contribution is 5.81. The highest BCUT2D eigenvalue weighted by Crippen LogP contribution is 2.30. The Morgan fingerprint density at radius 3 is 2.56 bits per heavy atom. The lowest BCUT2D eigenvalue weighted by Crippen LogP contribution is -2.10. The maximum absolute atomic E-state index is 10.9. The molecule has 0 aliphatic rings. The number of rotatable bonds is 10. The van der Waals surface area contributed by atoms with Gasteiger partial charge in [0.05, 0.1) is 6.61 Å². The molecule has 2 aromatic rings. The lowest BCUT2D eigenvalue weighted by molar-refractivity contribution is -0.138. The summed E-state index contributed by atoms with van der Waals surface area (Å²) in [6.07, 6.45) is 2.53. The first-order valence-corrected chi connectivity index (χ1v) is 8.11. The molecule has 5 heteroatoms. The van der Waals surface area contributed by atoms with Crippen LogP contribution in [0.5, 0.6) is 17.2 Å². The molecule has 0 amide bonds. The molecule has 1 N–H and O–H groups in total. The van der Waals surface area contributed by atoms with Crippen molar-refractivity contribution in [3.8, 4) is 17.2 Å². The number of hydrogen-bond acceptors (Lipinski definition) is 5. The van der Waals surface area contributed by atoms with Gasteiger partial charge in [-0.3, -0.25) is 0 Å². The minimum atomic E-state index is -0.500. The second-order valence-electron chi connectivity index (χ2n) is 5.25. The van der Waals surface area contributed by atoms with Gasteiger partial charge >= 0.3 is 5.97 Å². The van der Waals surface area contributed by atoms with E-state index in [2.05, 4.69) is 6.58 Å². The van der Waals surface area contributed by atoms with E-state index in [1.807, 2.05) is 42.5 Å². The van der Waals surface area contributed by atoms with Crippen LogP contribution in [-0.4, -0.2) is 30.9 Å². The number of benzene rings is 2. The molecule has 132 valence electrons. The number of phenols is 1. The second-order valence-corrected chi connectivity index (χ2v) is 5.25. The van der Waals surface area contributed by atoms with Crippen LogP contribution in [0.25, 0.3) is 0 Å². The van der Waals surface area contributed by atoms with Crippen molar-refractivity contribution >= 4 is 5.97 Å². The van der Waals surface area contributed by atoms with Crippen LogP contribution >= 0.6 is 0 Å². The first-order valence-electron chi connectivity index (χ1n) is 8.11. The summed E-state index contributed by atoms with van der Waals surface area (Å²) in [6.45, 7) is 4.13. The van der Waals surface area contributed by atoms with Crippen LogP contribution in [-0.2, 0) is 16.0 Å². The zero-order valence-electron chi connectivity index (χ0n) is 14.0. The monoisotopic (exact) mass is 342 g/mol. The number of aromatic hydroxyl groups is 1. The number of para-hydroxylation sites is 2. The van der Waals surface area contributed by atoms with Crippen molar-refractivity contribution in [2.24, 2.45) is 0 Å². The number of carbonyl (C=O) groups excluding carboxylic acids is 1. The highest BCUT2D eigenvalue weighted by atomic mass is 16.6. The van der Waals surface area contributed by atoms with Gasteiger partial charge in [-0.2, -0.15) is 0 Å². The number of ether oxygens (including phenoxy) is 3. The molecule has 0 saturated carbocycles. The number of hydrogen-bond donors (Lipinski definition) is 1. The molecule has 0 spiro atoms. The van der Waals surface area contributed by atoms with Gasteiger partial charge in [-0.25, -0.2) is 4.79 Å². The van der Waals surface area contributed by atoms with Gasteiger partial charge in [-0.05, 0) is 36.6 Å². The predicted molar refractivity (Wildman–Crippen MR) is 95.0 cm³/mol. The molecule has 0 heterocycles. The lowest BCUT2D eigenvalue weighted by atomic mass is 10.1. The summed E-state index contributed by atoms with van der Waals surface area (Å²) < 4.78 is 15.9. The van der Waals surface area contributed by atoms with Gasteiger partial charge in [0.2, 0.25) is 0 Å². The Labute approximate surface area is 147 Å². The molecule has 0 unspecified atom stereocenters. The summed E-state index contributed by atoms with van der Waals surface area (Å²) in [6, 6.07) is 14.9. The van der Waals surface area contributed by atoms with Crippen molar-refractivity contribution in [3.63, 3.8) is 0 Å². The Kier molecular flexibility index (Phi) is 7.38. The molecule has 0 saturated heterocycles. The number of phenolic OH excluding ortho intramolecular Hbond substituents is 1. The second kappa shape index (κ2) is 10.0. The summed E-state index contributed by atoms with van der Waals surface area (Å²) in [7, 11) is 0. The van der Waals surface area contributed by atoms with E-state index < -0.39 is 5.97 Å². The molecule has 2 rings (SSSR count). The topological polar surface area (TPSA) is 65.0 Å². The smallest absolute Gasteiger partial charge is 0.330 e. The molecular weight excluding hydrogens is 320 g/mol. The quantitative estimate of drug-likeness (QED) is 0.407. The van der Waals surface area contributed by atoms with Gasteiger partial charge in [-0.1, -0.05) is 36.9 Å². The molecule has 25 heavy (non-hydrogen) atoms. The maximum atomic E-state index is 10.9. The Morgan fingerprint density at radius 2 is 1.80 bits per heavy atom. The third-order valence-corrected chi connectivity index (χ3v) is 3.44. The minimum Gasteiger partial charge on any atom is -0.504 e. The van der Waals surface area contributed by atoms with Crippen molar-refractivity contribution < 1.29 is 24.1 Å². The van der Waals surface area contributed by atoms with E-state index in [1.54, 1.807) is 6.07 Å². The largest absolute Gasteiger partial charge is 0.504 e. The van der Waals surface area contributed by atoms with Gasteiger partial charge in [-0.15, -0.1) is 0 Å². The normalized spacial score (nSPS) is 10.1. The van der Waals surface area contributed by atoms with Gasteiger partial charge < -0.3 is 19.3 Å². The molecule has 0 aliphatic carbocycles. The molecular formula is C20H22O5. The van der Waals surface area contributed by atoms with Crippen LogP contribution in [0.1, 0.15) is 12.0 Å². The van der Waals surface area contributed by atoms with E-state index in [-0.39, 0.29) is 19.0 Å². The summed E-state index contributed by atoms with van der Waals surface area (Å²) in [5, 5.41) is 10.3. The molecule has 0 aromatic heterocycles. The molecule has 0 bridgehead atoms. The number of esters is 1. The zero-order valence-corrected chi connectivity index (χ0v) is 14.0. The Morgan fingerprint density at radius 1 is 1.00 bits per heavy atom. The van der Waals surface area contributed by atoms with E-state index in [0.717, 1.165) is 23.8 Å². The maximum Gasteiger partial charge on any atom is 0.330 e. The molecule has 0 aliphatic heterocycles. The Bertz CT molecular complexity index is 682. The van der Waals surface area contributed by atoms with E-state index in [4.69, 9.17) is 14.2 Å². The fourth-order valence-electron chi connectivity index (χ4n) is 2.21. The van der Waals surface area contributed by atoms with Crippen LogP contribution in [0, 0.1) is 0 Å². The fourth-order valence-corrected chi connectivity index (χ4v) is 2.21. The van der Waals surface area contributed by atoms with Crippen LogP contribution in [0.15, 0.2) is 61.2 Å². The van der Waals surface area contributed by atoms with Crippen LogP contribution in [0.2, 0.25) is 0 Å².